The summed E-state index contributed by atoms with van der Waals surface area (Å²) in [5, 5.41) is 12.5. The highest BCUT2D eigenvalue weighted by Crippen LogP contribution is 2.41. The van der Waals surface area contributed by atoms with Gasteiger partial charge in [-0.15, -0.1) is 6.42 Å². The molecule has 0 spiro atoms. The average Bonchev–Trinajstić information content (AvgIpc) is 3.60. The minimum absolute atomic E-state index is 0.0218. The van der Waals surface area contributed by atoms with Crippen molar-refractivity contribution < 1.29 is 27.4 Å². The number of hydrogen-bond donors (Lipinski definition) is 2. The maximum absolute atomic E-state index is 16.7. The van der Waals surface area contributed by atoms with Crippen LogP contribution in [0.5, 0.6) is 11.8 Å². The van der Waals surface area contributed by atoms with Gasteiger partial charge in [0, 0.05) is 30.2 Å². The third-order valence-corrected chi connectivity index (χ3v) is 8.95. The van der Waals surface area contributed by atoms with Crippen molar-refractivity contribution in [3.8, 4) is 35.4 Å². The molecule has 0 bridgehead atoms. The fourth-order valence-electron chi connectivity index (χ4n) is 6.94. The first-order valence-electron chi connectivity index (χ1n) is 14.7. The third kappa shape index (κ3) is 5.13. The molecule has 3 aliphatic rings. The molecule has 0 amide bonds. The zero-order valence-corrected chi connectivity index (χ0v) is 24.2. The second kappa shape index (κ2) is 11.4. The van der Waals surface area contributed by atoms with Crippen molar-refractivity contribution in [3.63, 3.8) is 0 Å². The Kier molecular flexibility index (Phi) is 7.33. The molecule has 232 valence electrons. The topological polar surface area (TPSA) is 89.9 Å². The molecule has 0 unspecified atom stereocenters. The number of ether oxygens (including phenoxy) is 1. The number of fused-ring (bicyclic) bond motifs is 3. The van der Waals surface area contributed by atoms with Gasteiger partial charge >= 0.3 is 6.01 Å². The van der Waals surface area contributed by atoms with Gasteiger partial charge in [0.15, 0.2) is 5.82 Å². The summed E-state index contributed by atoms with van der Waals surface area (Å²) < 4.78 is 63.9. The van der Waals surface area contributed by atoms with Gasteiger partial charge in [-0.25, -0.2) is 14.2 Å². The van der Waals surface area contributed by atoms with Gasteiger partial charge in [0.05, 0.1) is 22.7 Å². The lowest BCUT2D eigenvalue weighted by atomic mass is 9.95. The fraction of sp³-hybridized carbons (Fsp3) is 0.344. The summed E-state index contributed by atoms with van der Waals surface area (Å²) in [7, 11) is 0. The SMILES string of the molecule is C#Cc1c(F)ccc2cc(O)cc(-c3ncc4c(N5CCNN(C=C(F)F)C5)nc(OCC56CCCN5CCC6)nc4c3F)c12. The van der Waals surface area contributed by atoms with Crippen molar-refractivity contribution in [2.75, 3.05) is 44.4 Å². The number of terminal acetylenes is 1. The Morgan fingerprint density at radius 3 is 2.69 bits per heavy atom. The Balaban J connectivity index is 1.38. The van der Waals surface area contributed by atoms with Crippen LogP contribution >= 0.6 is 0 Å². The highest BCUT2D eigenvalue weighted by molar-refractivity contribution is 6.03. The average molecular weight is 620 g/mol. The smallest absolute Gasteiger partial charge is 0.319 e. The summed E-state index contributed by atoms with van der Waals surface area (Å²) in [6.45, 7) is 2.96. The number of hydrogen-bond acceptors (Lipinski definition) is 9. The molecule has 13 heteroatoms. The number of nitrogens with one attached hydrogen (secondary N) is 1. The maximum atomic E-state index is 16.7. The number of halogens is 4. The van der Waals surface area contributed by atoms with E-state index in [1.54, 1.807) is 4.90 Å². The fourth-order valence-corrected chi connectivity index (χ4v) is 6.94. The summed E-state index contributed by atoms with van der Waals surface area (Å²) in [6.07, 6.45) is 9.89. The first-order valence-corrected chi connectivity index (χ1v) is 14.7. The van der Waals surface area contributed by atoms with Gasteiger partial charge in [-0.05, 0) is 62.4 Å². The maximum Gasteiger partial charge on any atom is 0.319 e. The van der Waals surface area contributed by atoms with Crippen LogP contribution in [0, 0.1) is 24.0 Å². The Labute approximate surface area is 256 Å². The van der Waals surface area contributed by atoms with Crippen molar-refractivity contribution in [1.29, 1.82) is 0 Å². The van der Waals surface area contributed by atoms with Gasteiger partial charge in [-0.3, -0.25) is 14.9 Å². The van der Waals surface area contributed by atoms with E-state index >= 15 is 4.39 Å². The van der Waals surface area contributed by atoms with Crippen LogP contribution in [0.4, 0.5) is 23.4 Å². The van der Waals surface area contributed by atoms with E-state index < -0.39 is 17.7 Å². The highest BCUT2D eigenvalue weighted by atomic mass is 19.3. The van der Waals surface area contributed by atoms with E-state index in [0.29, 0.717) is 31.3 Å². The second-order valence-electron chi connectivity index (χ2n) is 11.6. The van der Waals surface area contributed by atoms with Crippen LogP contribution in [0.25, 0.3) is 32.9 Å². The number of pyridine rings is 1. The predicted octanol–water partition coefficient (Wildman–Crippen LogP) is 5.14. The summed E-state index contributed by atoms with van der Waals surface area (Å²) in [5.41, 5.74) is 2.40. The number of anilines is 1. The van der Waals surface area contributed by atoms with Crippen molar-refractivity contribution in [2.24, 2.45) is 0 Å². The Hall–Kier alpha value is -4.67. The standard InChI is InChI=1S/C32H29F4N7O2/c1-2-21-24(33)6-5-19-13-20(44)14-22(26(19)21)28-27(36)29-23(15-37-28)30(41-12-9-38-43(18-41)16-25(34)35)40-31(39-29)45-17-32-7-3-10-42(32)11-4-8-32/h1,5-6,13-16,38,44H,3-4,7-12,17-18H2. The van der Waals surface area contributed by atoms with Gasteiger partial charge in [-0.1, -0.05) is 12.0 Å². The predicted molar refractivity (Wildman–Crippen MR) is 160 cm³/mol. The molecule has 45 heavy (non-hydrogen) atoms. The summed E-state index contributed by atoms with van der Waals surface area (Å²) in [6, 6.07) is 5.25. The van der Waals surface area contributed by atoms with Crippen LogP contribution < -0.4 is 15.1 Å². The van der Waals surface area contributed by atoms with Crippen molar-refractivity contribution in [3.05, 3.63) is 59.9 Å². The van der Waals surface area contributed by atoms with E-state index in [4.69, 9.17) is 11.2 Å². The molecule has 2 aromatic heterocycles. The van der Waals surface area contributed by atoms with E-state index in [0.717, 1.165) is 38.8 Å². The quantitative estimate of drug-likeness (QED) is 0.225. The third-order valence-electron chi connectivity index (χ3n) is 8.95. The van der Waals surface area contributed by atoms with E-state index in [-0.39, 0.29) is 62.9 Å². The molecule has 7 rings (SSSR count). The molecule has 3 saturated heterocycles. The van der Waals surface area contributed by atoms with Crippen molar-refractivity contribution >= 4 is 27.5 Å². The molecule has 0 atom stereocenters. The summed E-state index contributed by atoms with van der Waals surface area (Å²) in [5.74, 6) is 0.873. The number of aromatic nitrogens is 3. The van der Waals surface area contributed by atoms with Crippen LogP contribution in [-0.4, -0.2) is 75.0 Å². The minimum Gasteiger partial charge on any atom is -0.508 e. The highest BCUT2D eigenvalue weighted by Gasteiger charge is 2.45. The molecule has 4 aromatic rings. The van der Waals surface area contributed by atoms with Crippen molar-refractivity contribution in [2.45, 2.75) is 31.2 Å². The molecule has 3 fully saturated rings. The van der Waals surface area contributed by atoms with Crippen LogP contribution in [0.15, 0.2) is 42.7 Å². The molecule has 2 N–H and O–H groups in total. The lowest BCUT2D eigenvalue weighted by Gasteiger charge is -2.36. The lowest BCUT2D eigenvalue weighted by molar-refractivity contribution is 0.107. The van der Waals surface area contributed by atoms with Gasteiger partial charge in [-0.2, -0.15) is 18.7 Å². The molecular formula is C32H29F4N7O2. The monoisotopic (exact) mass is 619 g/mol. The van der Waals surface area contributed by atoms with Gasteiger partial charge in [0.25, 0.3) is 6.08 Å². The first kappa shape index (κ1) is 29.1. The lowest BCUT2D eigenvalue weighted by Crippen LogP contribution is -2.52. The van der Waals surface area contributed by atoms with Crippen LogP contribution in [0.3, 0.4) is 0 Å². The first-order chi connectivity index (χ1) is 21.8. The summed E-state index contributed by atoms with van der Waals surface area (Å²) in [4.78, 5) is 17.6. The Morgan fingerprint density at radius 2 is 1.93 bits per heavy atom. The molecule has 2 aromatic carbocycles. The number of benzene rings is 2. The zero-order valence-electron chi connectivity index (χ0n) is 24.2. The van der Waals surface area contributed by atoms with Crippen LogP contribution in [0.1, 0.15) is 31.2 Å². The molecule has 3 aliphatic heterocycles. The van der Waals surface area contributed by atoms with Crippen molar-refractivity contribution in [1.82, 2.24) is 30.3 Å². The molecule has 0 radical (unpaired) electrons. The van der Waals surface area contributed by atoms with E-state index in [1.165, 1.54) is 35.5 Å². The van der Waals surface area contributed by atoms with Gasteiger partial charge < -0.3 is 14.7 Å². The largest absolute Gasteiger partial charge is 0.508 e. The van der Waals surface area contributed by atoms with E-state index in [2.05, 4.69) is 31.2 Å². The minimum atomic E-state index is -1.88. The Bertz CT molecular complexity index is 1880. The second-order valence-corrected chi connectivity index (χ2v) is 11.6. The number of nitrogens with zero attached hydrogens (tertiary/aromatic N) is 6. The van der Waals surface area contributed by atoms with Gasteiger partial charge in [0.2, 0.25) is 0 Å². The molecular weight excluding hydrogens is 590 g/mol. The van der Waals surface area contributed by atoms with E-state index in [9.17, 15) is 18.3 Å². The number of aromatic hydroxyl groups is 1. The number of rotatable bonds is 6. The van der Waals surface area contributed by atoms with E-state index in [1.807, 2.05) is 0 Å². The molecule has 9 nitrogen and oxygen atoms in total. The Morgan fingerprint density at radius 1 is 1.13 bits per heavy atom. The van der Waals surface area contributed by atoms with Crippen LogP contribution in [0.2, 0.25) is 0 Å². The molecule has 5 heterocycles. The molecule has 0 saturated carbocycles. The number of phenols is 1. The number of hydrazine groups is 1. The molecule has 0 aliphatic carbocycles. The normalized spacial score (nSPS) is 17.9. The zero-order chi connectivity index (χ0) is 31.3. The number of phenolic OH excluding ortho intramolecular Hbond substituents is 1. The van der Waals surface area contributed by atoms with Gasteiger partial charge in [0.1, 0.15) is 41.9 Å². The summed E-state index contributed by atoms with van der Waals surface area (Å²) >= 11 is 0. The van der Waals surface area contributed by atoms with Crippen LogP contribution in [-0.2, 0) is 0 Å².